The average molecular weight is 227 g/mol. The Morgan fingerprint density at radius 1 is 1.35 bits per heavy atom. The maximum Gasteiger partial charge on any atom is 0.203 e. The molecule has 0 saturated carbocycles. The molecule has 2 aromatic heterocycles. The van der Waals surface area contributed by atoms with Gasteiger partial charge in [0.05, 0.1) is 6.54 Å². The van der Waals surface area contributed by atoms with Gasteiger partial charge in [-0.05, 0) is 30.8 Å². The minimum absolute atomic E-state index is 0.356. The van der Waals surface area contributed by atoms with Crippen molar-refractivity contribution in [1.29, 1.82) is 5.26 Å². The molecule has 4 nitrogen and oxygen atoms in total. The van der Waals surface area contributed by atoms with Gasteiger partial charge in [-0.3, -0.25) is 9.88 Å². The molecule has 2 aromatic rings. The van der Waals surface area contributed by atoms with Gasteiger partial charge in [0.1, 0.15) is 11.8 Å². The van der Waals surface area contributed by atoms with E-state index in [1.807, 2.05) is 37.5 Å². The zero-order chi connectivity index (χ0) is 12.1. The number of hydrogen-bond acceptors (Lipinski definition) is 4. The van der Waals surface area contributed by atoms with Crippen molar-refractivity contribution in [1.82, 2.24) is 9.88 Å². The van der Waals surface area contributed by atoms with Gasteiger partial charge in [0.2, 0.25) is 5.76 Å². The molecule has 0 aromatic carbocycles. The van der Waals surface area contributed by atoms with E-state index in [2.05, 4.69) is 9.88 Å². The van der Waals surface area contributed by atoms with E-state index in [9.17, 15) is 0 Å². The molecule has 0 aliphatic carbocycles. The number of pyridine rings is 1. The summed E-state index contributed by atoms with van der Waals surface area (Å²) in [5.74, 6) is 1.16. The van der Waals surface area contributed by atoms with E-state index >= 15 is 0 Å². The lowest BCUT2D eigenvalue weighted by Gasteiger charge is -2.14. The van der Waals surface area contributed by atoms with Gasteiger partial charge in [-0.15, -0.1) is 0 Å². The Kier molecular flexibility index (Phi) is 3.53. The molecule has 0 atom stereocenters. The zero-order valence-corrected chi connectivity index (χ0v) is 9.63. The lowest BCUT2D eigenvalue weighted by atomic mass is 10.2. The molecule has 0 bridgehead atoms. The predicted molar refractivity (Wildman–Crippen MR) is 62.8 cm³/mol. The maximum atomic E-state index is 8.65. The van der Waals surface area contributed by atoms with Crippen molar-refractivity contribution in [3.8, 4) is 6.07 Å². The molecule has 0 amide bonds. The van der Waals surface area contributed by atoms with Gasteiger partial charge in [-0.2, -0.15) is 5.26 Å². The number of nitriles is 1. The van der Waals surface area contributed by atoms with Crippen LogP contribution in [0.25, 0.3) is 0 Å². The van der Waals surface area contributed by atoms with Gasteiger partial charge >= 0.3 is 0 Å². The van der Waals surface area contributed by atoms with Crippen molar-refractivity contribution in [3.05, 3.63) is 53.7 Å². The summed E-state index contributed by atoms with van der Waals surface area (Å²) in [6.45, 7) is 1.48. The predicted octanol–water partition coefficient (Wildman–Crippen LogP) is 2.18. The molecule has 0 N–H and O–H groups in total. The minimum atomic E-state index is 0.356. The lowest BCUT2D eigenvalue weighted by molar-refractivity contribution is 0.286. The SMILES string of the molecule is CN(Cc1cccnc1)Cc1ccc(C#N)o1. The van der Waals surface area contributed by atoms with Crippen molar-refractivity contribution >= 4 is 0 Å². The molecule has 0 spiro atoms. The Balaban J connectivity index is 1.94. The van der Waals surface area contributed by atoms with E-state index < -0.39 is 0 Å². The summed E-state index contributed by atoms with van der Waals surface area (Å²) >= 11 is 0. The molecule has 2 rings (SSSR count). The van der Waals surface area contributed by atoms with E-state index in [-0.39, 0.29) is 0 Å². The summed E-state index contributed by atoms with van der Waals surface area (Å²) in [6.07, 6.45) is 3.61. The summed E-state index contributed by atoms with van der Waals surface area (Å²) in [5, 5.41) is 8.65. The topological polar surface area (TPSA) is 53.1 Å². The van der Waals surface area contributed by atoms with Gasteiger partial charge < -0.3 is 4.42 Å². The standard InChI is InChI=1S/C13H13N3O/c1-16(9-11-3-2-6-15-8-11)10-13-5-4-12(7-14)17-13/h2-6,8H,9-10H2,1H3. The van der Waals surface area contributed by atoms with Crippen LogP contribution in [0.3, 0.4) is 0 Å². The third-order valence-electron chi connectivity index (χ3n) is 2.37. The number of rotatable bonds is 4. The molecule has 17 heavy (non-hydrogen) atoms. The molecule has 0 unspecified atom stereocenters. The van der Waals surface area contributed by atoms with Crippen LogP contribution in [0, 0.1) is 11.3 Å². The van der Waals surface area contributed by atoms with Crippen LogP contribution in [0.4, 0.5) is 0 Å². The molecular weight excluding hydrogens is 214 g/mol. The largest absolute Gasteiger partial charge is 0.449 e. The number of aromatic nitrogens is 1. The average Bonchev–Trinajstić information content (AvgIpc) is 2.78. The Morgan fingerprint density at radius 3 is 2.88 bits per heavy atom. The van der Waals surface area contributed by atoms with E-state index in [0.29, 0.717) is 12.3 Å². The summed E-state index contributed by atoms with van der Waals surface area (Å²) in [5.41, 5.74) is 1.15. The van der Waals surface area contributed by atoms with Crippen molar-refractivity contribution in [3.63, 3.8) is 0 Å². The molecular formula is C13H13N3O. The van der Waals surface area contributed by atoms with E-state index in [0.717, 1.165) is 17.9 Å². The first-order chi connectivity index (χ1) is 8.28. The first kappa shape index (κ1) is 11.4. The second-order valence-corrected chi connectivity index (χ2v) is 3.91. The molecule has 2 heterocycles. The normalized spacial score (nSPS) is 10.4. The van der Waals surface area contributed by atoms with Gasteiger partial charge in [-0.1, -0.05) is 6.07 Å². The van der Waals surface area contributed by atoms with E-state index in [1.165, 1.54) is 0 Å². The molecule has 4 heteroatoms. The Morgan fingerprint density at radius 2 is 2.24 bits per heavy atom. The van der Waals surface area contributed by atoms with Crippen LogP contribution in [-0.2, 0) is 13.1 Å². The first-order valence-electron chi connectivity index (χ1n) is 5.34. The molecule has 0 fully saturated rings. The maximum absolute atomic E-state index is 8.65. The Bertz CT molecular complexity index is 513. The molecule has 0 aliphatic rings. The van der Waals surface area contributed by atoms with Crippen molar-refractivity contribution < 1.29 is 4.42 Å². The molecule has 86 valence electrons. The number of furan rings is 1. The van der Waals surface area contributed by atoms with Crippen LogP contribution < -0.4 is 0 Å². The van der Waals surface area contributed by atoms with E-state index in [4.69, 9.17) is 9.68 Å². The van der Waals surface area contributed by atoms with Crippen LogP contribution in [0.2, 0.25) is 0 Å². The Labute approximate surface area is 100 Å². The van der Waals surface area contributed by atoms with Gasteiger partial charge in [0.15, 0.2) is 0 Å². The fourth-order valence-corrected chi connectivity index (χ4v) is 1.65. The van der Waals surface area contributed by atoms with Crippen LogP contribution in [0.5, 0.6) is 0 Å². The fourth-order valence-electron chi connectivity index (χ4n) is 1.65. The molecule has 0 saturated heterocycles. The third kappa shape index (κ3) is 3.16. The highest BCUT2D eigenvalue weighted by Crippen LogP contribution is 2.10. The van der Waals surface area contributed by atoms with Crippen molar-refractivity contribution in [2.75, 3.05) is 7.05 Å². The first-order valence-corrected chi connectivity index (χ1v) is 5.34. The summed E-state index contributed by atoms with van der Waals surface area (Å²) in [4.78, 5) is 6.18. The second-order valence-electron chi connectivity index (χ2n) is 3.91. The minimum Gasteiger partial charge on any atom is -0.449 e. The summed E-state index contributed by atoms with van der Waals surface area (Å²) in [6, 6.07) is 9.45. The van der Waals surface area contributed by atoms with Gasteiger partial charge in [0, 0.05) is 18.9 Å². The summed E-state index contributed by atoms with van der Waals surface area (Å²) < 4.78 is 5.32. The number of nitrogens with zero attached hydrogens (tertiary/aromatic N) is 3. The van der Waals surface area contributed by atoms with Crippen LogP contribution in [-0.4, -0.2) is 16.9 Å². The van der Waals surface area contributed by atoms with Crippen LogP contribution in [0.15, 0.2) is 41.1 Å². The quantitative estimate of drug-likeness (QED) is 0.803. The zero-order valence-electron chi connectivity index (χ0n) is 9.63. The van der Waals surface area contributed by atoms with Crippen molar-refractivity contribution in [2.45, 2.75) is 13.1 Å². The smallest absolute Gasteiger partial charge is 0.203 e. The highest BCUT2D eigenvalue weighted by molar-refractivity contribution is 5.19. The van der Waals surface area contributed by atoms with E-state index in [1.54, 1.807) is 12.3 Å². The second kappa shape index (κ2) is 5.28. The van der Waals surface area contributed by atoms with Crippen LogP contribution in [0.1, 0.15) is 17.1 Å². The lowest BCUT2D eigenvalue weighted by Crippen LogP contribution is -2.16. The molecule has 0 radical (unpaired) electrons. The monoisotopic (exact) mass is 227 g/mol. The third-order valence-corrected chi connectivity index (χ3v) is 2.37. The van der Waals surface area contributed by atoms with Gasteiger partial charge in [-0.25, -0.2) is 0 Å². The van der Waals surface area contributed by atoms with Gasteiger partial charge in [0.25, 0.3) is 0 Å². The van der Waals surface area contributed by atoms with Crippen molar-refractivity contribution in [2.24, 2.45) is 0 Å². The highest BCUT2D eigenvalue weighted by atomic mass is 16.3. The summed E-state index contributed by atoms with van der Waals surface area (Å²) in [7, 11) is 2.00. The fraction of sp³-hybridized carbons (Fsp3) is 0.231. The van der Waals surface area contributed by atoms with Crippen LogP contribution >= 0.6 is 0 Å². The Hall–Kier alpha value is -2.12. The highest BCUT2D eigenvalue weighted by Gasteiger charge is 2.05. The number of hydrogen-bond donors (Lipinski definition) is 0. The molecule has 0 aliphatic heterocycles.